The first-order chi connectivity index (χ1) is 11.0. The summed E-state index contributed by atoms with van der Waals surface area (Å²) in [5.41, 5.74) is 2.21. The fourth-order valence-corrected chi connectivity index (χ4v) is 3.01. The van der Waals surface area contributed by atoms with Gasteiger partial charge in [0.1, 0.15) is 11.6 Å². The van der Waals surface area contributed by atoms with E-state index in [1.54, 1.807) is 4.90 Å². The Hall–Kier alpha value is -2.43. The number of hydrogen-bond acceptors (Lipinski definition) is 1. The van der Waals surface area contributed by atoms with E-state index in [0.717, 1.165) is 36.1 Å². The van der Waals surface area contributed by atoms with E-state index < -0.39 is 11.6 Å². The number of nitrogens with one attached hydrogen (secondary N) is 1. The number of amides is 2. The third kappa shape index (κ3) is 3.33. The van der Waals surface area contributed by atoms with Crippen LogP contribution in [0, 0.1) is 18.6 Å². The Labute approximate surface area is 133 Å². The van der Waals surface area contributed by atoms with Crippen LogP contribution in [-0.2, 0) is 0 Å². The minimum atomic E-state index is -0.773. The van der Waals surface area contributed by atoms with Crippen molar-refractivity contribution in [3.63, 3.8) is 0 Å². The van der Waals surface area contributed by atoms with Gasteiger partial charge in [-0.25, -0.2) is 13.6 Å². The van der Waals surface area contributed by atoms with Gasteiger partial charge in [0.2, 0.25) is 0 Å². The molecule has 1 aliphatic heterocycles. The van der Waals surface area contributed by atoms with Gasteiger partial charge >= 0.3 is 6.03 Å². The van der Waals surface area contributed by atoms with Crippen LogP contribution in [0.25, 0.3) is 0 Å². The van der Waals surface area contributed by atoms with Crippen molar-refractivity contribution in [3.8, 4) is 0 Å². The van der Waals surface area contributed by atoms with Crippen LogP contribution >= 0.6 is 0 Å². The van der Waals surface area contributed by atoms with Crippen LogP contribution in [0.2, 0.25) is 0 Å². The molecule has 0 aromatic heterocycles. The van der Waals surface area contributed by atoms with Crippen molar-refractivity contribution < 1.29 is 13.6 Å². The van der Waals surface area contributed by atoms with Crippen molar-refractivity contribution in [2.24, 2.45) is 0 Å². The van der Waals surface area contributed by atoms with Crippen LogP contribution < -0.4 is 5.32 Å². The van der Waals surface area contributed by atoms with Crippen LogP contribution in [0.1, 0.15) is 30.0 Å². The maximum atomic E-state index is 13.7. The molecule has 23 heavy (non-hydrogen) atoms. The number of carbonyl (C=O) groups is 1. The number of likely N-dealkylation sites (tertiary alicyclic amines) is 1. The minimum absolute atomic E-state index is 0.00806. The van der Waals surface area contributed by atoms with Crippen molar-refractivity contribution in [2.45, 2.75) is 25.8 Å². The van der Waals surface area contributed by atoms with Gasteiger partial charge in [-0.15, -0.1) is 0 Å². The summed E-state index contributed by atoms with van der Waals surface area (Å²) in [6.07, 6.45) is 1.78. The number of halogens is 2. The molecule has 0 unspecified atom stereocenters. The van der Waals surface area contributed by atoms with Gasteiger partial charge in [0.15, 0.2) is 0 Å². The predicted molar refractivity (Wildman–Crippen MR) is 85.2 cm³/mol. The minimum Gasteiger partial charge on any atom is -0.317 e. The standard InChI is InChI=1S/C18H18F2N2O/c1-12-4-2-5-13(10-12)17-6-3-9-22(17)18(23)21-16-8-7-14(19)11-15(16)20/h2,4-5,7-8,10-11,17H,3,6,9H2,1H3,(H,21,23)/t17-/m0/s1. The zero-order valence-corrected chi connectivity index (χ0v) is 12.9. The number of carbonyl (C=O) groups excluding carboxylic acids is 1. The molecule has 1 heterocycles. The second-order valence-corrected chi connectivity index (χ2v) is 5.82. The first-order valence-electron chi connectivity index (χ1n) is 7.64. The molecule has 2 aromatic rings. The van der Waals surface area contributed by atoms with Crippen LogP contribution in [0.15, 0.2) is 42.5 Å². The van der Waals surface area contributed by atoms with Crippen molar-refractivity contribution in [1.29, 1.82) is 0 Å². The van der Waals surface area contributed by atoms with Gasteiger partial charge in [0, 0.05) is 12.6 Å². The molecule has 0 radical (unpaired) electrons. The molecule has 3 nitrogen and oxygen atoms in total. The fourth-order valence-electron chi connectivity index (χ4n) is 3.01. The van der Waals surface area contributed by atoms with E-state index in [1.807, 2.05) is 25.1 Å². The van der Waals surface area contributed by atoms with E-state index in [4.69, 9.17) is 0 Å². The van der Waals surface area contributed by atoms with E-state index in [9.17, 15) is 13.6 Å². The summed E-state index contributed by atoms with van der Waals surface area (Å²) >= 11 is 0. The third-order valence-electron chi connectivity index (χ3n) is 4.11. The normalized spacial score (nSPS) is 17.3. The molecule has 3 rings (SSSR count). The van der Waals surface area contributed by atoms with Gasteiger partial charge in [-0.3, -0.25) is 0 Å². The van der Waals surface area contributed by atoms with Crippen LogP contribution in [-0.4, -0.2) is 17.5 Å². The smallest absolute Gasteiger partial charge is 0.317 e. The van der Waals surface area contributed by atoms with Gasteiger partial charge in [0.25, 0.3) is 0 Å². The molecule has 1 atom stereocenters. The molecule has 0 bridgehead atoms. The molecule has 2 amide bonds. The summed E-state index contributed by atoms with van der Waals surface area (Å²) in [5, 5.41) is 2.54. The molecule has 0 spiro atoms. The Morgan fingerprint density at radius 2 is 2.04 bits per heavy atom. The third-order valence-corrected chi connectivity index (χ3v) is 4.11. The topological polar surface area (TPSA) is 32.3 Å². The van der Waals surface area contributed by atoms with Gasteiger partial charge in [0.05, 0.1) is 11.7 Å². The SMILES string of the molecule is Cc1cccc([C@@H]2CCCN2C(=O)Nc2ccc(F)cc2F)c1. The monoisotopic (exact) mass is 316 g/mol. The summed E-state index contributed by atoms with van der Waals surface area (Å²) in [5.74, 6) is -1.44. The molecule has 5 heteroatoms. The number of aryl methyl sites for hydroxylation is 1. The highest BCUT2D eigenvalue weighted by atomic mass is 19.1. The second kappa shape index (κ2) is 6.36. The molecule has 2 aromatic carbocycles. The lowest BCUT2D eigenvalue weighted by Gasteiger charge is -2.25. The first kappa shape index (κ1) is 15.5. The molecule has 1 aliphatic rings. The molecule has 0 saturated carbocycles. The van der Waals surface area contributed by atoms with E-state index in [0.29, 0.717) is 6.54 Å². The van der Waals surface area contributed by atoms with Crippen molar-refractivity contribution in [3.05, 3.63) is 65.2 Å². The Balaban J connectivity index is 1.78. The number of hydrogen-bond donors (Lipinski definition) is 1. The highest BCUT2D eigenvalue weighted by Gasteiger charge is 2.30. The Kier molecular flexibility index (Phi) is 4.28. The van der Waals surface area contributed by atoms with Gasteiger partial charge in [-0.1, -0.05) is 29.8 Å². The molecule has 0 aliphatic carbocycles. The zero-order chi connectivity index (χ0) is 16.4. The lowest BCUT2D eigenvalue weighted by Crippen LogP contribution is -2.34. The molecule has 1 N–H and O–H groups in total. The van der Waals surface area contributed by atoms with E-state index in [-0.39, 0.29) is 17.8 Å². The largest absolute Gasteiger partial charge is 0.322 e. The lowest BCUT2D eigenvalue weighted by atomic mass is 10.0. The quantitative estimate of drug-likeness (QED) is 0.860. The van der Waals surface area contributed by atoms with Crippen molar-refractivity contribution >= 4 is 11.7 Å². The van der Waals surface area contributed by atoms with E-state index >= 15 is 0 Å². The van der Waals surface area contributed by atoms with Crippen LogP contribution in [0.5, 0.6) is 0 Å². The molecule has 1 fully saturated rings. The van der Waals surface area contributed by atoms with E-state index in [1.165, 1.54) is 6.07 Å². The highest BCUT2D eigenvalue weighted by Crippen LogP contribution is 2.32. The fraction of sp³-hybridized carbons (Fsp3) is 0.278. The van der Waals surface area contributed by atoms with Crippen molar-refractivity contribution in [1.82, 2.24) is 4.90 Å². The molecular weight excluding hydrogens is 298 g/mol. The molecule has 120 valence electrons. The molecule has 1 saturated heterocycles. The summed E-state index contributed by atoms with van der Waals surface area (Å²) < 4.78 is 26.6. The van der Waals surface area contributed by atoms with Crippen molar-refractivity contribution in [2.75, 3.05) is 11.9 Å². The number of anilines is 1. The van der Waals surface area contributed by atoms with E-state index in [2.05, 4.69) is 11.4 Å². The average molecular weight is 316 g/mol. The first-order valence-corrected chi connectivity index (χ1v) is 7.64. The Morgan fingerprint density at radius 1 is 1.22 bits per heavy atom. The Bertz CT molecular complexity index is 733. The van der Waals surface area contributed by atoms with Gasteiger partial charge in [-0.05, 0) is 37.5 Å². The highest BCUT2D eigenvalue weighted by molar-refractivity contribution is 5.90. The number of rotatable bonds is 2. The summed E-state index contributed by atoms with van der Waals surface area (Å²) in [6.45, 7) is 2.63. The van der Waals surface area contributed by atoms with Crippen LogP contribution in [0.3, 0.4) is 0 Å². The predicted octanol–water partition coefficient (Wildman–Crippen LogP) is 4.64. The maximum Gasteiger partial charge on any atom is 0.322 e. The lowest BCUT2D eigenvalue weighted by molar-refractivity contribution is 0.207. The number of benzene rings is 2. The summed E-state index contributed by atoms with van der Waals surface area (Å²) in [6, 6.07) is 10.8. The van der Waals surface area contributed by atoms with Crippen LogP contribution in [0.4, 0.5) is 19.3 Å². The average Bonchev–Trinajstić information content (AvgIpc) is 2.99. The second-order valence-electron chi connectivity index (χ2n) is 5.82. The van der Waals surface area contributed by atoms with Gasteiger partial charge in [-0.2, -0.15) is 0 Å². The molecular formula is C18H18F2N2O. The Morgan fingerprint density at radius 3 is 2.78 bits per heavy atom. The summed E-state index contributed by atoms with van der Waals surface area (Å²) in [4.78, 5) is 14.2. The zero-order valence-electron chi connectivity index (χ0n) is 12.9. The number of urea groups is 1. The maximum absolute atomic E-state index is 13.7. The van der Waals surface area contributed by atoms with Gasteiger partial charge < -0.3 is 10.2 Å². The summed E-state index contributed by atoms with van der Waals surface area (Å²) in [7, 11) is 0. The number of nitrogens with zero attached hydrogens (tertiary/aromatic N) is 1.